The number of amides is 4. The minimum absolute atomic E-state index is 0.0203. The molecule has 0 fully saturated rings. The molecule has 1 aromatic carbocycles. The number of ether oxygens (including phenoxy) is 2. The number of rotatable bonds is 10. The molecular formula is C24H36N4O8. The van der Waals surface area contributed by atoms with Crippen LogP contribution in [0.3, 0.4) is 0 Å². The highest BCUT2D eigenvalue weighted by molar-refractivity contribution is 5.95. The number of alkyl carbamates (subject to hydrolysis) is 1. The predicted octanol–water partition coefficient (Wildman–Crippen LogP) is 1.04. The van der Waals surface area contributed by atoms with Crippen molar-refractivity contribution in [2.45, 2.75) is 71.7 Å². The monoisotopic (exact) mass is 508 g/mol. The van der Waals surface area contributed by atoms with Gasteiger partial charge in [0.2, 0.25) is 17.7 Å². The first-order valence-corrected chi connectivity index (χ1v) is 11.3. The molecule has 0 aliphatic rings. The first-order chi connectivity index (χ1) is 16.6. The Morgan fingerprint density at radius 3 is 2.22 bits per heavy atom. The zero-order chi connectivity index (χ0) is 27.8. The minimum Gasteiger partial charge on any atom is -0.508 e. The lowest BCUT2D eigenvalue weighted by Crippen LogP contribution is -2.56. The summed E-state index contributed by atoms with van der Waals surface area (Å²) < 4.78 is 9.77. The molecule has 1 rings (SSSR count). The molecule has 0 aliphatic heterocycles. The highest BCUT2D eigenvalue weighted by atomic mass is 16.6. The van der Waals surface area contributed by atoms with Gasteiger partial charge in [-0.2, -0.15) is 0 Å². The van der Waals surface area contributed by atoms with E-state index in [2.05, 4.69) is 15.4 Å². The zero-order valence-electron chi connectivity index (χ0n) is 21.7. The Hall–Kier alpha value is -3.83. The van der Waals surface area contributed by atoms with Gasteiger partial charge < -0.3 is 35.8 Å². The van der Waals surface area contributed by atoms with Crippen molar-refractivity contribution in [3.05, 3.63) is 29.3 Å². The van der Waals surface area contributed by atoms with Gasteiger partial charge in [-0.05, 0) is 64.8 Å². The van der Waals surface area contributed by atoms with Crippen LogP contribution in [0, 0.1) is 6.92 Å². The van der Waals surface area contributed by atoms with Crippen molar-refractivity contribution in [2.24, 2.45) is 5.73 Å². The molecule has 2 atom stereocenters. The average Bonchev–Trinajstić information content (AvgIpc) is 2.74. The van der Waals surface area contributed by atoms with E-state index < -0.39 is 66.5 Å². The van der Waals surface area contributed by atoms with Gasteiger partial charge in [0, 0.05) is 6.04 Å². The van der Waals surface area contributed by atoms with Crippen LogP contribution in [0.25, 0.3) is 0 Å². The van der Waals surface area contributed by atoms with Gasteiger partial charge >= 0.3 is 12.1 Å². The summed E-state index contributed by atoms with van der Waals surface area (Å²) in [6.45, 7) is 9.33. The quantitative estimate of drug-likeness (QED) is 0.339. The van der Waals surface area contributed by atoms with E-state index in [4.69, 9.17) is 10.5 Å². The molecule has 12 heteroatoms. The van der Waals surface area contributed by atoms with Gasteiger partial charge in [-0.25, -0.2) is 4.79 Å². The minimum atomic E-state index is -1.44. The van der Waals surface area contributed by atoms with E-state index in [1.165, 1.54) is 23.1 Å². The summed E-state index contributed by atoms with van der Waals surface area (Å²) >= 11 is 0. The van der Waals surface area contributed by atoms with Crippen molar-refractivity contribution >= 4 is 29.8 Å². The predicted molar refractivity (Wildman–Crippen MR) is 130 cm³/mol. The molecule has 1 aromatic rings. The number of carbonyl (C=O) groups is 5. The Bertz CT molecular complexity index is 987. The normalized spacial score (nSPS) is 12.8. The first-order valence-electron chi connectivity index (χ1n) is 11.3. The number of hydrogen-bond acceptors (Lipinski definition) is 8. The summed E-state index contributed by atoms with van der Waals surface area (Å²) in [6, 6.07) is 0.999. The van der Waals surface area contributed by atoms with Crippen molar-refractivity contribution in [1.29, 1.82) is 0 Å². The largest absolute Gasteiger partial charge is 0.508 e. The van der Waals surface area contributed by atoms with Crippen molar-refractivity contribution in [2.75, 3.05) is 13.7 Å². The number of esters is 1. The number of carbonyl (C=O) groups excluding carboxylic acids is 5. The van der Waals surface area contributed by atoms with E-state index in [-0.39, 0.29) is 5.75 Å². The van der Waals surface area contributed by atoms with Crippen molar-refractivity contribution in [3.63, 3.8) is 0 Å². The fourth-order valence-corrected chi connectivity index (χ4v) is 3.33. The van der Waals surface area contributed by atoms with Crippen molar-refractivity contribution in [3.8, 4) is 5.75 Å². The summed E-state index contributed by atoms with van der Waals surface area (Å²) in [5.74, 6) is -3.08. The number of hydrogen-bond donors (Lipinski definition) is 4. The molecule has 0 aromatic heterocycles. The highest BCUT2D eigenvalue weighted by Crippen LogP contribution is 2.28. The Balaban J connectivity index is 3.51. The second kappa shape index (κ2) is 12.8. The summed E-state index contributed by atoms with van der Waals surface area (Å²) in [5.41, 5.74) is 5.22. The van der Waals surface area contributed by atoms with Gasteiger partial charge in [0.15, 0.2) is 0 Å². The summed E-state index contributed by atoms with van der Waals surface area (Å²) in [5, 5.41) is 14.8. The zero-order valence-corrected chi connectivity index (χ0v) is 21.7. The van der Waals surface area contributed by atoms with E-state index in [9.17, 15) is 29.1 Å². The number of aromatic hydroxyl groups is 1. The number of benzene rings is 1. The van der Waals surface area contributed by atoms with E-state index in [1.807, 2.05) is 0 Å². The Kier molecular flexibility index (Phi) is 10.7. The molecule has 0 spiro atoms. The van der Waals surface area contributed by atoms with Gasteiger partial charge in [-0.1, -0.05) is 6.07 Å². The standard InChI is InChI=1S/C24H36N4O8/c1-13(2)28(22(33)16(11-18(25)30)27-23(34)36-24(4,5)6)20(21(32)26-12-19(31)35-7)15-8-9-17(29)14(3)10-15/h8-10,13,16,20,29H,11-12H2,1-7H3,(H2,25,30)(H,26,32)(H,27,34). The summed E-state index contributed by atoms with van der Waals surface area (Å²) in [6.07, 6.45) is -1.50. The summed E-state index contributed by atoms with van der Waals surface area (Å²) in [4.78, 5) is 63.9. The van der Waals surface area contributed by atoms with Gasteiger partial charge in [0.25, 0.3) is 0 Å². The molecule has 36 heavy (non-hydrogen) atoms. The van der Waals surface area contributed by atoms with Crippen LogP contribution >= 0.6 is 0 Å². The Morgan fingerprint density at radius 1 is 1.14 bits per heavy atom. The van der Waals surface area contributed by atoms with Crippen molar-refractivity contribution in [1.82, 2.24) is 15.5 Å². The maximum absolute atomic E-state index is 13.7. The third kappa shape index (κ3) is 9.08. The van der Waals surface area contributed by atoms with Crippen LogP contribution in [0.4, 0.5) is 4.79 Å². The Labute approximate surface area is 210 Å². The molecule has 2 unspecified atom stereocenters. The lowest BCUT2D eigenvalue weighted by atomic mass is 9.98. The maximum atomic E-state index is 13.7. The maximum Gasteiger partial charge on any atom is 0.408 e. The molecule has 0 aliphatic carbocycles. The van der Waals surface area contributed by atoms with E-state index >= 15 is 0 Å². The lowest BCUT2D eigenvalue weighted by molar-refractivity contribution is -0.146. The average molecular weight is 509 g/mol. The van der Waals surface area contributed by atoms with Crippen LogP contribution in [0.15, 0.2) is 18.2 Å². The molecule has 0 heterocycles. The van der Waals surface area contributed by atoms with E-state index in [0.717, 1.165) is 7.11 Å². The van der Waals surface area contributed by atoms with Crippen LogP contribution < -0.4 is 16.4 Å². The number of phenolic OH excluding ortho intramolecular Hbond substituents is 1. The lowest BCUT2D eigenvalue weighted by Gasteiger charge is -2.37. The fraction of sp³-hybridized carbons (Fsp3) is 0.542. The molecule has 4 amide bonds. The molecule has 0 saturated carbocycles. The molecule has 200 valence electrons. The van der Waals surface area contributed by atoms with Gasteiger partial charge in [0.1, 0.15) is 30.0 Å². The molecular weight excluding hydrogens is 472 g/mol. The third-order valence-corrected chi connectivity index (χ3v) is 4.90. The molecule has 0 saturated heterocycles. The fourth-order valence-electron chi connectivity index (χ4n) is 3.33. The number of nitrogens with one attached hydrogen (secondary N) is 2. The van der Waals surface area contributed by atoms with Crippen LogP contribution in [0.1, 0.15) is 58.2 Å². The smallest absolute Gasteiger partial charge is 0.408 e. The number of phenols is 1. The number of primary amides is 1. The SMILES string of the molecule is COC(=O)CNC(=O)C(c1ccc(O)c(C)c1)N(C(=O)C(CC(N)=O)NC(=O)OC(C)(C)C)C(C)C. The van der Waals surface area contributed by atoms with Gasteiger partial charge in [-0.15, -0.1) is 0 Å². The molecule has 0 radical (unpaired) electrons. The van der Waals surface area contributed by atoms with Crippen LogP contribution in [0.2, 0.25) is 0 Å². The van der Waals surface area contributed by atoms with Crippen LogP contribution in [-0.2, 0) is 28.7 Å². The van der Waals surface area contributed by atoms with Gasteiger partial charge in [-0.3, -0.25) is 19.2 Å². The third-order valence-electron chi connectivity index (χ3n) is 4.90. The van der Waals surface area contributed by atoms with Crippen LogP contribution in [-0.4, -0.2) is 71.1 Å². The molecule has 5 N–H and O–H groups in total. The first kappa shape index (κ1) is 30.2. The molecule has 12 nitrogen and oxygen atoms in total. The van der Waals surface area contributed by atoms with Gasteiger partial charge in [0.05, 0.1) is 13.5 Å². The van der Waals surface area contributed by atoms with Crippen molar-refractivity contribution < 1.29 is 38.6 Å². The number of methoxy groups -OCH3 is 1. The molecule has 0 bridgehead atoms. The number of nitrogens with zero attached hydrogens (tertiary/aromatic N) is 1. The highest BCUT2D eigenvalue weighted by Gasteiger charge is 2.38. The number of nitrogens with two attached hydrogens (primary N) is 1. The topological polar surface area (TPSA) is 177 Å². The number of aryl methyl sites for hydroxylation is 1. The second-order valence-corrected chi connectivity index (χ2v) is 9.45. The van der Waals surface area contributed by atoms with E-state index in [0.29, 0.717) is 11.1 Å². The van der Waals surface area contributed by atoms with Crippen LogP contribution in [0.5, 0.6) is 5.75 Å². The summed E-state index contributed by atoms with van der Waals surface area (Å²) in [7, 11) is 1.16. The second-order valence-electron chi connectivity index (χ2n) is 9.45. The Morgan fingerprint density at radius 2 is 1.75 bits per heavy atom. The van der Waals surface area contributed by atoms with E-state index in [1.54, 1.807) is 41.5 Å².